The number of ketones is 6. The lowest BCUT2D eigenvalue weighted by molar-refractivity contribution is -0.117. The molecule has 6 nitrogen and oxygen atoms in total. The molecule has 0 aromatic heterocycles. The van der Waals surface area contributed by atoms with Crippen LogP contribution in [0.3, 0.4) is 0 Å². The number of hydrogen-bond donors (Lipinski definition) is 0. The lowest BCUT2D eigenvalue weighted by Crippen LogP contribution is -2.26. The summed E-state index contributed by atoms with van der Waals surface area (Å²) in [6, 6.07) is 0. The van der Waals surface area contributed by atoms with Gasteiger partial charge in [-0.2, -0.15) is 0 Å². The minimum absolute atomic E-state index is 0.00202. The van der Waals surface area contributed by atoms with Gasteiger partial charge >= 0.3 is 0 Å². The third kappa shape index (κ3) is 2.63. The molecule has 3 aliphatic rings. The van der Waals surface area contributed by atoms with Gasteiger partial charge in [0, 0.05) is 27.9 Å². The Balaban J connectivity index is 2.34. The van der Waals surface area contributed by atoms with Crippen LogP contribution in [0.4, 0.5) is 0 Å². The van der Waals surface area contributed by atoms with Gasteiger partial charge in [0.25, 0.3) is 0 Å². The van der Waals surface area contributed by atoms with Gasteiger partial charge in [-0.05, 0) is 49.5 Å². The summed E-state index contributed by atoms with van der Waals surface area (Å²) in [4.78, 5) is 72.7. The highest BCUT2D eigenvalue weighted by molar-refractivity contribution is 6.35. The van der Waals surface area contributed by atoms with Crippen molar-refractivity contribution in [1.82, 2.24) is 0 Å². The summed E-state index contributed by atoms with van der Waals surface area (Å²) in [5, 5.41) is 0. The lowest BCUT2D eigenvalue weighted by Gasteiger charge is -2.20. The first-order valence-corrected chi connectivity index (χ1v) is 7.28. The SMILES string of the molecule is CC1=C(C2=C(C3=CC(=O)C=CC3=O)C(=O)C=CC2=O)C(=O)C=CC1=O. The Morgan fingerprint density at radius 3 is 1.64 bits per heavy atom. The molecule has 0 radical (unpaired) electrons. The average Bonchev–Trinajstić information content (AvgIpc) is 2.57. The topological polar surface area (TPSA) is 102 Å². The van der Waals surface area contributed by atoms with E-state index < -0.39 is 34.7 Å². The van der Waals surface area contributed by atoms with Gasteiger partial charge in [-0.25, -0.2) is 0 Å². The second-order valence-electron chi connectivity index (χ2n) is 5.53. The molecule has 0 saturated carbocycles. The summed E-state index contributed by atoms with van der Waals surface area (Å²) in [6.07, 6.45) is 7.01. The molecule has 0 aromatic rings. The summed E-state index contributed by atoms with van der Waals surface area (Å²) >= 11 is 0. The molecule has 0 aromatic carbocycles. The standard InChI is InChI=1S/C19H10O6/c1-9-12(21)4-5-14(23)17(9)19-16(25)7-6-15(24)18(19)11-8-10(20)2-3-13(11)22/h2-8H,1H3. The second kappa shape index (κ2) is 5.83. The molecule has 0 heterocycles. The fourth-order valence-electron chi connectivity index (χ4n) is 2.76. The normalized spacial score (nSPS) is 20.9. The monoisotopic (exact) mass is 334 g/mol. The van der Waals surface area contributed by atoms with Crippen LogP contribution in [0.25, 0.3) is 0 Å². The highest BCUT2D eigenvalue weighted by Gasteiger charge is 2.35. The minimum Gasteiger partial charge on any atom is -0.290 e. The maximum atomic E-state index is 12.4. The smallest absolute Gasteiger partial charge is 0.187 e. The minimum atomic E-state index is -0.688. The molecule has 0 atom stereocenters. The Bertz CT molecular complexity index is 989. The molecule has 0 fully saturated rings. The van der Waals surface area contributed by atoms with Crippen molar-refractivity contribution < 1.29 is 28.8 Å². The van der Waals surface area contributed by atoms with Crippen LogP contribution in [-0.4, -0.2) is 34.7 Å². The molecule has 0 saturated heterocycles. The van der Waals surface area contributed by atoms with Crippen molar-refractivity contribution in [3.05, 3.63) is 70.4 Å². The van der Waals surface area contributed by atoms with Gasteiger partial charge < -0.3 is 0 Å². The molecule has 3 aliphatic carbocycles. The number of carbonyl (C=O) groups is 6. The van der Waals surface area contributed by atoms with E-state index in [-0.39, 0.29) is 27.9 Å². The molecule has 25 heavy (non-hydrogen) atoms. The molecular formula is C19H10O6. The van der Waals surface area contributed by atoms with Crippen molar-refractivity contribution in [2.24, 2.45) is 0 Å². The molecule has 0 N–H and O–H groups in total. The largest absolute Gasteiger partial charge is 0.290 e. The zero-order chi connectivity index (χ0) is 18.3. The van der Waals surface area contributed by atoms with Gasteiger partial charge in [0.1, 0.15) is 0 Å². The van der Waals surface area contributed by atoms with Crippen molar-refractivity contribution in [3.63, 3.8) is 0 Å². The van der Waals surface area contributed by atoms with Gasteiger partial charge in [-0.3, -0.25) is 28.8 Å². The van der Waals surface area contributed by atoms with E-state index in [1.165, 1.54) is 6.92 Å². The van der Waals surface area contributed by atoms with E-state index in [4.69, 9.17) is 0 Å². The van der Waals surface area contributed by atoms with Crippen LogP contribution in [-0.2, 0) is 28.8 Å². The molecule has 0 aliphatic heterocycles. The maximum Gasteiger partial charge on any atom is 0.187 e. The van der Waals surface area contributed by atoms with Gasteiger partial charge in [-0.1, -0.05) is 0 Å². The van der Waals surface area contributed by atoms with Crippen LogP contribution in [0, 0.1) is 0 Å². The van der Waals surface area contributed by atoms with Crippen LogP contribution in [0.5, 0.6) is 0 Å². The van der Waals surface area contributed by atoms with Crippen molar-refractivity contribution in [2.75, 3.05) is 0 Å². The van der Waals surface area contributed by atoms with Gasteiger partial charge in [-0.15, -0.1) is 0 Å². The summed E-state index contributed by atoms with van der Waals surface area (Å²) in [5.74, 6) is -3.62. The average molecular weight is 334 g/mol. The fraction of sp³-hybridized carbons (Fsp3) is 0.0526. The molecule has 122 valence electrons. The number of rotatable bonds is 2. The van der Waals surface area contributed by atoms with E-state index in [2.05, 4.69) is 0 Å². The molecule has 3 rings (SSSR count). The molecular weight excluding hydrogens is 324 g/mol. The lowest BCUT2D eigenvalue weighted by atomic mass is 9.78. The predicted molar refractivity (Wildman–Crippen MR) is 85.3 cm³/mol. The van der Waals surface area contributed by atoms with Crippen molar-refractivity contribution in [1.29, 1.82) is 0 Å². The molecule has 6 heteroatoms. The van der Waals surface area contributed by atoms with Crippen molar-refractivity contribution in [3.8, 4) is 0 Å². The summed E-state index contributed by atoms with van der Waals surface area (Å²) in [5.41, 5.74) is -1.14. The number of carbonyl (C=O) groups excluding carboxylic acids is 6. The van der Waals surface area contributed by atoms with Gasteiger partial charge in [0.15, 0.2) is 34.7 Å². The Morgan fingerprint density at radius 1 is 0.520 bits per heavy atom. The van der Waals surface area contributed by atoms with E-state index in [9.17, 15) is 28.8 Å². The Labute approximate surface area is 141 Å². The van der Waals surface area contributed by atoms with Crippen LogP contribution in [0.2, 0.25) is 0 Å². The van der Waals surface area contributed by atoms with Crippen LogP contribution < -0.4 is 0 Å². The fourth-order valence-corrected chi connectivity index (χ4v) is 2.76. The summed E-state index contributed by atoms with van der Waals surface area (Å²) < 4.78 is 0. The van der Waals surface area contributed by atoms with E-state index in [1.807, 2.05) is 0 Å². The van der Waals surface area contributed by atoms with E-state index in [0.717, 1.165) is 42.5 Å². The summed E-state index contributed by atoms with van der Waals surface area (Å²) in [6.45, 7) is 1.36. The Kier molecular flexibility index (Phi) is 3.81. The van der Waals surface area contributed by atoms with Crippen LogP contribution in [0.1, 0.15) is 6.92 Å². The van der Waals surface area contributed by atoms with E-state index in [1.54, 1.807) is 0 Å². The molecule has 0 spiro atoms. The first kappa shape index (κ1) is 16.3. The predicted octanol–water partition coefficient (Wildman–Crippen LogP) is 0.650. The maximum absolute atomic E-state index is 12.4. The van der Waals surface area contributed by atoms with Crippen LogP contribution >= 0.6 is 0 Å². The van der Waals surface area contributed by atoms with Crippen LogP contribution in [0.15, 0.2) is 70.4 Å². The van der Waals surface area contributed by atoms with Gasteiger partial charge in [0.2, 0.25) is 0 Å². The Hall–Kier alpha value is -3.54. The zero-order valence-corrected chi connectivity index (χ0v) is 13.0. The molecule has 0 unspecified atom stereocenters. The number of hydrogen-bond acceptors (Lipinski definition) is 6. The van der Waals surface area contributed by atoms with Crippen molar-refractivity contribution in [2.45, 2.75) is 6.92 Å². The Morgan fingerprint density at radius 2 is 1.00 bits per heavy atom. The quantitative estimate of drug-likeness (QED) is 0.687. The third-order valence-electron chi connectivity index (χ3n) is 3.98. The summed E-state index contributed by atoms with van der Waals surface area (Å²) in [7, 11) is 0. The third-order valence-corrected chi connectivity index (χ3v) is 3.98. The number of allylic oxidation sites excluding steroid dienone is 12. The van der Waals surface area contributed by atoms with E-state index >= 15 is 0 Å². The van der Waals surface area contributed by atoms with E-state index in [0.29, 0.717) is 0 Å². The van der Waals surface area contributed by atoms with Gasteiger partial charge in [0.05, 0.1) is 0 Å². The highest BCUT2D eigenvalue weighted by Crippen LogP contribution is 2.32. The second-order valence-corrected chi connectivity index (χ2v) is 5.53. The van der Waals surface area contributed by atoms with Crippen molar-refractivity contribution >= 4 is 34.7 Å². The first-order valence-electron chi connectivity index (χ1n) is 7.28. The zero-order valence-electron chi connectivity index (χ0n) is 13.0. The highest BCUT2D eigenvalue weighted by atomic mass is 16.2. The molecule has 0 bridgehead atoms. The first-order chi connectivity index (χ1) is 11.8. The molecule has 0 amide bonds.